The van der Waals surface area contributed by atoms with Crippen LogP contribution in [0.15, 0.2) is 5.16 Å². The summed E-state index contributed by atoms with van der Waals surface area (Å²) in [5.41, 5.74) is 0. The van der Waals surface area contributed by atoms with Crippen molar-refractivity contribution >= 4 is 22.7 Å². The highest BCUT2D eigenvalue weighted by atomic mass is 35.5. The van der Waals surface area contributed by atoms with Gasteiger partial charge < -0.3 is 9.94 Å². The van der Waals surface area contributed by atoms with E-state index in [1.807, 2.05) is 6.92 Å². The van der Waals surface area contributed by atoms with E-state index in [-0.39, 0.29) is 0 Å². The summed E-state index contributed by atoms with van der Waals surface area (Å²) >= 11 is 5.12. The minimum Gasteiger partial charge on any atom is -0.460 e. The molecular formula is C6H10ClNO3. The Hall–Kier alpha value is -0.770. The number of hydrogen-bond donors (Lipinski definition) is 1. The third-order valence-electron chi connectivity index (χ3n) is 0.987. The van der Waals surface area contributed by atoms with Gasteiger partial charge in [0, 0.05) is 0 Å². The Kier molecular flexibility index (Phi) is 5.56. The molecule has 4 nitrogen and oxygen atoms in total. The topological polar surface area (TPSA) is 58.9 Å². The Morgan fingerprint density at radius 2 is 2.36 bits per heavy atom. The molecule has 5 heteroatoms. The van der Waals surface area contributed by atoms with E-state index >= 15 is 0 Å². The van der Waals surface area contributed by atoms with Crippen LogP contribution in [-0.4, -0.2) is 23.0 Å². The summed E-state index contributed by atoms with van der Waals surface area (Å²) in [6, 6.07) is 0. The van der Waals surface area contributed by atoms with E-state index in [4.69, 9.17) is 16.8 Å². The third kappa shape index (κ3) is 4.61. The van der Waals surface area contributed by atoms with E-state index in [0.717, 1.165) is 12.8 Å². The van der Waals surface area contributed by atoms with Crippen molar-refractivity contribution in [1.29, 1.82) is 0 Å². The van der Waals surface area contributed by atoms with E-state index in [0.29, 0.717) is 6.61 Å². The molecule has 0 spiro atoms. The van der Waals surface area contributed by atoms with Gasteiger partial charge in [-0.25, -0.2) is 4.79 Å². The molecule has 0 aromatic heterocycles. The van der Waals surface area contributed by atoms with Gasteiger partial charge in [0.1, 0.15) is 0 Å². The van der Waals surface area contributed by atoms with Crippen LogP contribution in [0.1, 0.15) is 19.8 Å². The largest absolute Gasteiger partial charge is 0.460 e. The fourth-order valence-corrected chi connectivity index (χ4v) is 0.464. The molecule has 0 saturated carbocycles. The number of ether oxygens (including phenoxy) is 1. The lowest BCUT2D eigenvalue weighted by Crippen LogP contribution is -2.12. The van der Waals surface area contributed by atoms with E-state index in [1.54, 1.807) is 0 Å². The van der Waals surface area contributed by atoms with Gasteiger partial charge in [0.25, 0.3) is 5.17 Å². The first-order chi connectivity index (χ1) is 5.22. The van der Waals surface area contributed by atoms with Crippen molar-refractivity contribution in [3.63, 3.8) is 0 Å². The zero-order chi connectivity index (χ0) is 8.69. The van der Waals surface area contributed by atoms with Gasteiger partial charge in [-0.3, -0.25) is 0 Å². The highest BCUT2D eigenvalue weighted by molar-refractivity contribution is 6.81. The Labute approximate surface area is 69.8 Å². The molecule has 0 unspecified atom stereocenters. The number of unbranched alkanes of at least 4 members (excludes halogenated alkanes) is 1. The highest BCUT2D eigenvalue weighted by Gasteiger charge is 2.08. The van der Waals surface area contributed by atoms with Crippen molar-refractivity contribution in [2.45, 2.75) is 19.8 Å². The number of carbonyl (C=O) groups is 1. The second-order valence-electron chi connectivity index (χ2n) is 1.88. The number of nitrogens with zero attached hydrogens (tertiary/aromatic N) is 1. The fraction of sp³-hybridized carbons (Fsp3) is 0.667. The number of oxime groups is 1. The number of halogens is 1. The lowest BCUT2D eigenvalue weighted by Gasteiger charge is -1.99. The summed E-state index contributed by atoms with van der Waals surface area (Å²) in [5, 5.41) is 9.95. The van der Waals surface area contributed by atoms with Gasteiger partial charge in [-0.2, -0.15) is 0 Å². The summed E-state index contributed by atoms with van der Waals surface area (Å²) in [7, 11) is 0. The molecule has 0 aromatic carbocycles. The monoisotopic (exact) mass is 179 g/mol. The predicted molar refractivity (Wildman–Crippen MR) is 40.9 cm³/mol. The fourth-order valence-electron chi connectivity index (χ4n) is 0.410. The molecule has 0 rings (SSSR count). The number of esters is 1. The van der Waals surface area contributed by atoms with Crippen molar-refractivity contribution in [2.24, 2.45) is 5.16 Å². The van der Waals surface area contributed by atoms with Crippen LogP contribution >= 0.6 is 11.6 Å². The van der Waals surface area contributed by atoms with Crippen molar-refractivity contribution in [3.05, 3.63) is 0 Å². The minimum atomic E-state index is -0.789. The van der Waals surface area contributed by atoms with E-state index in [2.05, 4.69) is 9.89 Å². The maximum absolute atomic E-state index is 10.6. The average Bonchev–Trinajstić information content (AvgIpc) is 2.03. The molecule has 0 heterocycles. The summed E-state index contributed by atoms with van der Waals surface area (Å²) in [6.07, 6.45) is 1.71. The number of hydrogen-bond acceptors (Lipinski definition) is 4. The summed E-state index contributed by atoms with van der Waals surface area (Å²) in [5.74, 6) is -0.789. The van der Waals surface area contributed by atoms with Gasteiger partial charge in [0.05, 0.1) is 6.61 Å². The van der Waals surface area contributed by atoms with E-state index in [1.165, 1.54) is 0 Å². The van der Waals surface area contributed by atoms with Crippen LogP contribution in [0.3, 0.4) is 0 Å². The van der Waals surface area contributed by atoms with Crippen LogP contribution in [0.4, 0.5) is 0 Å². The third-order valence-corrected chi connectivity index (χ3v) is 1.22. The summed E-state index contributed by atoms with van der Waals surface area (Å²) in [6.45, 7) is 2.27. The van der Waals surface area contributed by atoms with Crippen LogP contribution in [-0.2, 0) is 9.53 Å². The van der Waals surface area contributed by atoms with Gasteiger partial charge >= 0.3 is 5.97 Å². The smallest absolute Gasteiger partial charge is 0.372 e. The second kappa shape index (κ2) is 5.97. The van der Waals surface area contributed by atoms with Crippen LogP contribution in [0, 0.1) is 0 Å². The second-order valence-corrected chi connectivity index (χ2v) is 2.24. The highest BCUT2D eigenvalue weighted by Crippen LogP contribution is 1.93. The standard InChI is InChI=1S/C6H10ClNO3/c1-2-3-4-11-6(9)5(7)8-10/h10H,2-4H2,1H3. The number of rotatable bonds is 4. The molecule has 0 aliphatic heterocycles. The first-order valence-corrected chi connectivity index (χ1v) is 3.64. The average molecular weight is 180 g/mol. The van der Waals surface area contributed by atoms with Crippen molar-refractivity contribution in [3.8, 4) is 0 Å². The zero-order valence-electron chi connectivity index (χ0n) is 6.21. The first kappa shape index (κ1) is 10.2. The van der Waals surface area contributed by atoms with E-state index in [9.17, 15) is 4.79 Å². The Morgan fingerprint density at radius 1 is 1.73 bits per heavy atom. The minimum absolute atomic E-state index is 0.307. The molecule has 11 heavy (non-hydrogen) atoms. The molecule has 0 radical (unpaired) electrons. The molecule has 0 atom stereocenters. The molecule has 0 fully saturated rings. The first-order valence-electron chi connectivity index (χ1n) is 3.27. The van der Waals surface area contributed by atoms with Crippen molar-refractivity contribution in [1.82, 2.24) is 0 Å². The van der Waals surface area contributed by atoms with Crippen LogP contribution in [0.5, 0.6) is 0 Å². The summed E-state index contributed by atoms with van der Waals surface area (Å²) < 4.78 is 4.57. The van der Waals surface area contributed by atoms with Gasteiger partial charge in [-0.15, -0.1) is 0 Å². The van der Waals surface area contributed by atoms with Gasteiger partial charge in [-0.1, -0.05) is 30.1 Å². The van der Waals surface area contributed by atoms with Gasteiger partial charge in [-0.05, 0) is 6.42 Å². The number of carbonyl (C=O) groups excluding carboxylic acids is 1. The Morgan fingerprint density at radius 3 is 2.82 bits per heavy atom. The molecule has 64 valence electrons. The lowest BCUT2D eigenvalue weighted by atomic mass is 10.4. The van der Waals surface area contributed by atoms with Gasteiger partial charge in [0.15, 0.2) is 0 Å². The Balaban J connectivity index is 3.53. The SMILES string of the molecule is CCCCOC(=O)C(Cl)=NO. The van der Waals surface area contributed by atoms with Crippen molar-refractivity contribution < 1.29 is 14.7 Å². The van der Waals surface area contributed by atoms with E-state index < -0.39 is 11.1 Å². The van der Waals surface area contributed by atoms with Crippen molar-refractivity contribution in [2.75, 3.05) is 6.61 Å². The predicted octanol–water partition coefficient (Wildman–Crippen LogP) is 1.36. The zero-order valence-corrected chi connectivity index (χ0v) is 6.97. The quantitative estimate of drug-likeness (QED) is 0.233. The van der Waals surface area contributed by atoms with Crippen LogP contribution < -0.4 is 0 Å². The van der Waals surface area contributed by atoms with Gasteiger partial charge in [0.2, 0.25) is 0 Å². The Bertz CT molecular complexity index is 158. The maximum atomic E-state index is 10.6. The molecule has 0 aromatic rings. The maximum Gasteiger partial charge on any atom is 0.372 e. The molecule has 0 aliphatic rings. The molecule has 0 saturated heterocycles. The van der Waals surface area contributed by atoms with Crippen LogP contribution in [0.25, 0.3) is 0 Å². The summed E-state index contributed by atoms with van der Waals surface area (Å²) in [4.78, 5) is 10.6. The molecule has 0 bridgehead atoms. The molecule has 0 aliphatic carbocycles. The van der Waals surface area contributed by atoms with Crippen LogP contribution in [0.2, 0.25) is 0 Å². The molecule has 0 amide bonds. The molecule has 1 N–H and O–H groups in total. The lowest BCUT2D eigenvalue weighted by molar-refractivity contribution is -0.135. The normalized spacial score (nSPS) is 11.3. The molecular weight excluding hydrogens is 170 g/mol.